The largest absolute Gasteiger partial charge is 0.0683 e. The summed E-state index contributed by atoms with van der Waals surface area (Å²) in [5, 5.41) is 0. The first-order chi connectivity index (χ1) is 12.7. The second-order valence-electron chi connectivity index (χ2n) is 6.79. The molecule has 1 aromatic rings. The van der Waals surface area contributed by atoms with Crippen LogP contribution in [0.2, 0.25) is 0 Å². The maximum Gasteiger partial charge on any atom is -0.0398 e. The molecule has 0 spiro atoms. The van der Waals surface area contributed by atoms with Crippen LogP contribution in [0.5, 0.6) is 0 Å². The predicted molar refractivity (Wildman–Crippen MR) is 121 cm³/mol. The molecule has 0 aliphatic heterocycles. The topological polar surface area (TPSA) is 0 Å². The smallest absolute Gasteiger partial charge is 0.0398 e. The van der Waals surface area contributed by atoms with Crippen LogP contribution in [0, 0.1) is 19.8 Å². The highest BCUT2D eigenvalue weighted by atomic mass is 14.1. The van der Waals surface area contributed by atoms with Gasteiger partial charge in [0.25, 0.3) is 0 Å². The van der Waals surface area contributed by atoms with Gasteiger partial charge in [-0.15, -0.1) is 0 Å². The molecule has 144 valence electrons. The van der Waals surface area contributed by atoms with Gasteiger partial charge < -0.3 is 0 Å². The number of aryl methyl sites for hydroxylation is 2. The molecule has 0 heterocycles. The van der Waals surface area contributed by atoms with Crippen molar-refractivity contribution in [3.63, 3.8) is 0 Å². The zero-order chi connectivity index (χ0) is 19.5. The highest BCUT2D eigenvalue weighted by molar-refractivity contribution is 5.23. The minimum Gasteiger partial charge on any atom is -0.0683 e. The lowest BCUT2D eigenvalue weighted by Gasteiger charge is -2.02. The van der Waals surface area contributed by atoms with Gasteiger partial charge in [0, 0.05) is 0 Å². The molecule has 0 radical (unpaired) electrons. The zero-order valence-corrected chi connectivity index (χ0v) is 17.7. The zero-order valence-electron chi connectivity index (χ0n) is 17.7. The molecule has 0 unspecified atom stereocenters. The number of rotatable bonds is 0. The molecular formula is C26H40. The van der Waals surface area contributed by atoms with Crippen LogP contribution in [0.1, 0.15) is 70.4 Å². The normalized spacial score (nSPS) is 20.7. The molecule has 2 aliphatic carbocycles. The Hall–Kier alpha value is -1.82. The molecule has 0 saturated heterocycles. The van der Waals surface area contributed by atoms with Gasteiger partial charge in [-0.1, -0.05) is 143 Å². The summed E-state index contributed by atoms with van der Waals surface area (Å²) in [5.41, 5.74) is 2.66. The lowest BCUT2D eigenvalue weighted by Crippen LogP contribution is -1.88. The standard InChI is InChI=1S/C8H10.C8H16.C8H8.C2H6/c1-7-3-5-8(2)6-4-7;1-8-6-4-2-3-5-7-8;1-2-4-6-8-7-5-3-1;1-2/h3-6H,1-2H3;8H,2-7H2,1H3;1-8H;1-2H3/b;;2-1-,3-1?,4-2?,5-3-,6-4-,7-5?,8-6?,8-7-;. The number of allylic oxidation sites excluding steroid dienone is 8. The molecule has 0 heteroatoms. The fourth-order valence-corrected chi connectivity index (χ4v) is 2.63. The quantitative estimate of drug-likeness (QED) is 0.410. The molecule has 0 bridgehead atoms. The van der Waals surface area contributed by atoms with Crippen LogP contribution in [0.3, 0.4) is 0 Å². The third-order valence-electron chi connectivity index (χ3n) is 4.25. The van der Waals surface area contributed by atoms with Gasteiger partial charge in [0.1, 0.15) is 0 Å². The molecule has 0 nitrogen and oxygen atoms in total. The second kappa shape index (κ2) is 18.0. The Balaban J connectivity index is 0.000000344. The van der Waals surface area contributed by atoms with E-state index in [0.29, 0.717) is 0 Å². The van der Waals surface area contributed by atoms with Gasteiger partial charge in [-0.05, 0) is 19.8 Å². The Morgan fingerprint density at radius 1 is 0.538 bits per heavy atom. The van der Waals surface area contributed by atoms with Crippen LogP contribution in [0.15, 0.2) is 72.9 Å². The molecule has 26 heavy (non-hydrogen) atoms. The molecule has 0 amide bonds. The third kappa shape index (κ3) is 15.7. The molecule has 1 saturated carbocycles. The second-order valence-corrected chi connectivity index (χ2v) is 6.79. The van der Waals surface area contributed by atoms with Crippen LogP contribution in [0.25, 0.3) is 0 Å². The summed E-state index contributed by atoms with van der Waals surface area (Å²) in [6.07, 6.45) is 24.9. The van der Waals surface area contributed by atoms with E-state index < -0.39 is 0 Å². The molecule has 0 N–H and O–H groups in total. The van der Waals surface area contributed by atoms with E-state index >= 15 is 0 Å². The number of hydrogen-bond donors (Lipinski definition) is 0. The van der Waals surface area contributed by atoms with E-state index in [9.17, 15) is 0 Å². The van der Waals surface area contributed by atoms with E-state index in [2.05, 4.69) is 45.0 Å². The molecule has 3 rings (SSSR count). The van der Waals surface area contributed by atoms with Crippen molar-refractivity contribution in [1.82, 2.24) is 0 Å². The van der Waals surface area contributed by atoms with Crippen LogP contribution in [-0.4, -0.2) is 0 Å². The summed E-state index contributed by atoms with van der Waals surface area (Å²) in [6, 6.07) is 8.48. The number of benzene rings is 1. The van der Waals surface area contributed by atoms with Gasteiger partial charge in [-0.25, -0.2) is 0 Å². The summed E-state index contributed by atoms with van der Waals surface area (Å²) in [4.78, 5) is 0. The Labute approximate surface area is 163 Å². The third-order valence-corrected chi connectivity index (χ3v) is 4.25. The van der Waals surface area contributed by atoms with Crippen LogP contribution in [-0.2, 0) is 0 Å². The SMILES string of the molecule is C1=C\C=C/C=C\C=C/1.CC.CC1CCCCCC1.Cc1ccc(C)cc1. The first-order valence-electron chi connectivity index (χ1n) is 10.4. The van der Waals surface area contributed by atoms with Crippen LogP contribution in [0.4, 0.5) is 0 Å². The molecule has 0 aromatic heterocycles. The Morgan fingerprint density at radius 3 is 1.08 bits per heavy atom. The molecule has 2 aliphatic rings. The maximum absolute atomic E-state index is 2.38. The average molecular weight is 353 g/mol. The van der Waals surface area contributed by atoms with E-state index in [0.717, 1.165) is 5.92 Å². The van der Waals surface area contributed by atoms with Gasteiger partial charge in [0.2, 0.25) is 0 Å². The van der Waals surface area contributed by atoms with Gasteiger partial charge in [0.05, 0.1) is 0 Å². The van der Waals surface area contributed by atoms with E-state index in [4.69, 9.17) is 0 Å². The van der Waals surface area contributed by atoms with E-state index in [1.165, 1.54) is 49.7 Å². The summed E-state index contributed by atoms with van der Waals surface area (Å²) < 4.78 is 0. The molecule has 0 atom stereocenters. The van der Waals surface area contributed by atoms with Crippen LogP contribution >= 0.6 is 0 Å². The fourth-order valence-electron chi connectivity index (χ4n) is 2.63. The molecular weight excluding hydrogens is 312 g/mol. The minimum atomic E-state index is 1.03. The van der Waals surface area contributed by atoms with Gasteiger partial charge >= 0.3 is 0 Å². The predicted octanol–water partition coefficient (Wildman–Crippen LogP) is 8.53. The summed E-state index contributed by atoms with van der Waals surface area (Å²) in [7, 11) is 0. The summed E-state index contributed by atoms with van der Waals surface area (Å²) in [5.74, 6) is 1.03. The highest BCUT2D eigenvalue weighted by Gasteiger charge is 2.05. The Morgan fingerprint density at radius 2 is 0.808 bits per heavy atom. The van der Waals surface area contributed by atoms with Crippen molar-refractivity contribution in [2.45, 2.75) is 73.1 Å². The summed E-state index contributed by atoms with van der Waals surface area (Å²) >= 11 is 0. The van der Waals surface area contributed by atoms with Crippen LogP contribution < -0.4 is 0 Å². The van der Waals surface area contributed by atoms with Crippen molar-refractivity contribution >= 4 is 0 Å². The van der Waals surface area contributed by atoms with Gasteiger partial charge in [-0.3, -0.25) is 0 Å². The highest BCUT2D eigenvalue weighted by Crippen LogP contribution is 2.21. The minimum absolute atomic E-state index is 1.03. The molecule has 1 fully saturated rings. The van der Waals surface area contributed by atoms with Gasteiger partial charge in [0.15, 0.2) is 0 Å². The Kier molecular flexibility index (Phi) is 16.7. The average Bonchev–Trinajstić information content (AvgIpc) is 2.87. The van der Waals surface area contributed by atoms with E-state index in [-0.39, 0.29) is 0 Å². The van der Waals surface area contributed by atoms with Crippen molar-refractivity contribution in [2.24, 2.45) is 5.92 Å². The molecule has 1 aromatic carbocycles. The van der Waals surface area contributed by atoms with E-state index in [1.807, 2.05) is 62.5 Å². The number of hydrogen-bond acceptors (Lipinski definition) is 0. The maximum atomic E-state index is 2.38. The van der Waals surface area contributed by atoms with E-state index in [1.54, 1.807) is 0 Å². The first-order valence-corrected chi connectivity index (χ1v) is 10.4. The lowest BCUT2D eigenvalue weighted by atomic mass is 10.0. The fraction of sp³-hybridized carbons (Fsp3) is 0.462. The van der Waals surface area contributed by atoms with Crippen molar-refractivity contribution in [3.8, 4) is 0 Å². The monoisotopic (exact) mass is 352 g/mol. The van der Waals surface area contributed by atoms with Crippen molar-refractivity contribution < 1.29 is 0 Å². The van der Waals surface area contributed by atoms with Crippen molar-refractivity contribution in [3.05, 3.63) is 84.0 Å². The van der Waals surface area contributed by atoms with Gasteiger partial charge in [-0.2, -0.15) is 0 Å². The summed E-state index contributed by atoms with van der Waals surface area (Å²) in [6.45, 7) is 10.6. The first kappa shape index (κ1) is 24.2. The Bertz CT molecular complexity index is 441. The lowest BCUT2D eigenvalue weighted by molar-refractivity contribution is 0.505. The van der Waals surface area contributed by atoms with Crippen molar-refractivity contribution in [1.29, 1.82) is 0 Å². The van der Waals surface area contributed by atoms with Crippen molar-refractivity contribution in [2.75, 3.05) is 0 Å².